The minimum atomic E-state index is 0.667. The first-order chi connectivity index (χ1) is 14.6. The van der Waals surface area contributed by atoms with E-state index in [1.807, 2.05) is 36.5 Å². The Hall–Kier alpha value is -3.18. The molecule has 2 aromatic heterocycles. The number of pyridine rings is 1. The summed E-state index contributed by atoms with van der Waals surface area (Å²) in [5.74, 6) is 0. The second-order valence-corrected chi connectivity index (χ2v) is 7.95. The van der Waals surface area contributed by atoms with Crippen LogP contribution in [-0.4, -0.2) is 26.5 Å². The Morgan fingerprint density at radius 2 is 1.87 bits per heavy atom. The zero-order valence-electron chi connectivity index (χ0n) is 17.4. The van der Waals surface area contributed by atoms with E-state index in [2.05, 4.69) is 70.4 Å². The summed E-state index contributed by atoms with van der Waals surface area (Å²) in [6, 6.07) is 22.7. The van der Waals surface area contributed by atoms with Gasteiger partial charge in [0.2, 0.25) is 0 Å². The minimum Gasteiger partial charge on any atom is -0.358 e. The van der Waals surface area contributed by atoms with Crippen LogP contribution in [0.4, 0.5) is 5.69 Å². The molecule has 0 saturated heterocycles. The van der Waals surface area contributed by atoms with Crippen molar-refractivity contribution in [2.45, 2.75) is 26.8 Å². The van der Waals surface area contributed by atoms with Gasteiger partial charge < -0.3 is 15.2 Å². The highest BCUT2D eigenvalue weighted by molar-refractivity contribution is 7.80. The molecule has 30 heavy (non-hydrogen) atoms. The maximum Gasteiger partial charge on any atom is 0.173 e. The van der Waals surface area contributed by atoms with E-state index < -0.39 is 0 Å². The van der Waals surface area contributed by atoms with E-state index in [9.17, 15) is 0 Å². The molecule has 0 spiro atoms. The number of aryl methyl sites for hydroxylation is 2. The number of H-pyrrole nitrogens is 1. The summed E-state index contributed by atoms with van der Waals surface area (Å²) in [7, 11) is 0. The summed E-state index contributed by atoms with van der Waals surface area (Å²) in [5.41, 5.74) is 6.95. The van der Waals surface area contributed by atoms with Crippen molar-refractivity contribution in [2.75, 3.05) is 11.9 Å². The van der Waals surface area contributed by atoms with E-state index in [-0.39, 0.29) is 0 Å². The number of hydrogen-bond acceptors (Lipinski definition) is 2. The Balaban J connectivity index is 1.55. The molecule has 0 bridgehead atoms. The highest BCUT2D eigenvalue weighted by Gasteiger charge is 2.15. The van der Waals surface area contributed by atoms with E-state index in [4.69, 9.17) is 12.2 Å². The average molecular weight is 415 g/mol. The van der Waals surface area contributed by atoms with Crippen molar-refractivity contribution in [3.8, 4) is 0 Å². The van der Waals surface area contributed by atoms with Crippen molar-refractivity contribution >= 4 is 33.9 Å². The number of benzene rings is 2. The number of thiocarbonyl (C=S) groups is 1. The van der Waals surface area contributed by atoms with Gasteiger partial charge >= 0.3 is 0 Å². The second kappa shape index (κ2) is 9.09. The van der Waals surface area contributed by atoms with Crippen molar-refractivity contribution in [1.29, 1.82) is 0 Å². The lowest BCUT2D eigenvalue weighted by Gasteiger charge is -2.26. The van der Waals surface area contributed by atoms with E-state index in [0.717, 1.165) is 24.3 Å². The first-order valence-electron chi connectivity index (χ1n) is 10.2. The highest BCUT2D eigenvalue weighted by Crippen LogP contribution is 2.23. The van der Waals surface area contributed by atoms with E-state index in [1.54, 1.807) is 0 Å². The first-order valence-corrected chi connectivity index (χ1v) is 10.6. The SMILES string of the molecule is Cc1cccc(NC(=S)N(CCc2c(C)[nH]c3ccccc23)Cc2ccccn2)c1. The molecule has 0 aliphatic heterocycles. The monoisotopic (exact) mass is 414 g/mol. The van der Waals surface area contributed by atoms with Crippen molar-refractivity contribution in [3.05, 3.63) is 95.4 Å². The predicted octanol–water partition coefficient (Wildman–Crippen LogP) is 5.62. The molecule has 0 aliphatic rings. The molecule has 2 aromatic carbocycles. The Bertz CT molecular complexity index is 1150. The molecule has 0 unspecified atom stereocenters. The van der Waals surface area contributed by atoms with Crippen molar-refractivity contribution in [2.24, 2.45) is 0 Å². The summed E-state index contributed by atoms with van der Waals surface area (Å²) >= 11 is 5.80. The van der Waals surface area contributed by atoms with Gasteiger partial charge in [-0.15, -0.1) is 0 Å². The molecule has 2 N–H and O–H groups in total. The molecular formula is C25H26N4S. The fourth-order valence-electron chi connectivity index (χ4n) is 3.77. The van der Waals surface area contributed by atoms with Gasteiger partial charge in [0, 0.05) is 35.0 Å². The molecule has 0 atom stereocenters. The van der Waals surface area contributed by atoms with Gasteiger partial charge in [0.1, 0.15) is 0 Å². The fraction of sp³-hybridized carbons (Fsp3) is 0.200. The molecule has 5 heteroatoms. The lowest BCUT2D eigenvalue weighted by molar-refractivity contribution is 0.417. The molecule has 152 valence electrons. The first kappa shape index (κ1) is 20.1. The maximum atomic E-state index is 5.80. The third-order valence-electron chi connectivity index (χ3n) is 5.29. The lowest BCUT2D eigenvalue weighted by Crippen LogP contribution is -2.36. The molecule has 4 aromatic rings. The largest absolute Gasteiger partial charge is 0.358 e. The fourth-order valence-corrected chi connectivity index (χ4v) is 4.04. The van der Waals surface area contributed by atoms with Gasteiger partial charge in [-0.2, -0.15) is 0 Å². The summed E-state index contributed by atoms with van der Waals surface area (Å²) in [4.78, 5) is 10.2. The van der Waals surface area contributed by atoms with Crippen LogP contribution in [0.2, 0.25) is 0 Å². The van der Waals surface area contributed by atoms with Crippen molar-refractivity contribution < 1.29 is 0 Å². The molecular weight excluding hydrogens is 388 g/mol. The van der Waals surface area contributed by atoms with E-state index >= 15 is 0 Å². The summed E-state index contributed by atoms with van der Waals surface area (Å²) in [5, 5.41) is 5.40. The molecule has 0 radical (unpaired) electrons. The Morgan fingerprint density at radius 1 is 1.03 bits per heavy atom. The molecule has 4 nitrogen and oxygen atoms in total. The smallest absolute Gasteiger partial charge is 0.173 e. The quantitative estimate of drug-likeness (QED) is 0.402. The van der Waals surface area contributed by atoms with Gasteiger partial charge in [-0.1, -0.05) is 36.4 Å². The zero-order valence-corrected chi connectivity index (χ0v) is 18.2. The van der Waals surface area contributed by atoms with Crippen LogP contribution in [0, 0.1) is 13.8 Å². The van der Waals surface area contributed by atoms with Gasteiger partial charge in [0.25, 0.3) is 0 Å². The van der Waals surface area contributed by atoms with Crippen LogP contribution in [0.1, 0.15) is 22.5 Å². The summed E-state index contributed by atoms with van der Waals surface area (Å²) in [6.45, 7) is 5.69. The number of hydrogen-bond donors (Lipinski definition) is 2. The molecule has 0 aliphatic carbocycles. The second-order valence-electron chi connectivity index (χ2n) is 7.57. The van der Waals surface area contributed by atoms with E-state index in [1.165, 1.54) is 27.7 Å². The average Bonchev–Trinajstić information content (AvgIpc) is 3.07. The maximum absolute atomic E-state index is 5.80. The summed E-state index contributed by atoms with van der Waals surface area (Å²) < 4.78 is 0. The standard InChI is InChI=1S/C25H26N4S/c1-18-8-7-10-20(16-18)28-25(30)29(17-21-9-5-6-14-26-21)15-13-22-19(2)27-24-12-4-3-11-23(22)24/h3-12,14,16,27H,13,15,17H2,1-2H3,(H,28,30). The number of nitrogens with zero attached hydrogens (tertiary/aromatic N) is 2. The Morgan fingerprint density at radius 3 is 2.67 bits per heavy atom. The van der Waals surface area contributed by atoms with Crippen LogP contribution in [0.5, 0.6) is 0 Å². The number of aromatic amines is 1. The zero-order chi connectivity index (χ0) is 20.9. The Kier molecular flexibility index (Phi) is 6.10. The molecule has 0 amide bonds. The number of anilines is 1. The highest BCUT2D eigenvalue weighted by atomic mass is 32.1. The van der Waals surface area contributed by atoms with Crippen LogP contribution in [0.15, 0.2) is 72.9 Å². The van der Waals surface area contributed by atoms with Gasteiger partial charge in [-0.05, 0) is 73.9 Å². The van der Waals surface area contributed by atoms with Crippen LogP contribution < -0.4 is 5.32 Å². The number of rotatable bonds is 6. The van der Waals surface area contributed by atoms with Crippen LogP contribution >= 0.6 is 12.2 Å². The van der Waals surface area contributed by atoms with Crippen LogP contribution in [-0.2, 0) is 13.0 Å². The van der Waals surface area contributed by atoms with E-state index in [0.29, 0.717) is 11.7 Å². The number of nitrogens with one attached hydrogen (secondary N) is 2. The van der Waals surface area contributed by atoms with Crippen molar-refractivity contribution in [1.82, 2.24) is 14.9 Å². The number of aromatic nitrogens is 2. The van der Waals surface area contributed by atoms with Gasteiger partial charge in [0.15, 0.2) is 5.11 Å². The molecule has 0 saturated carbocycles. The Labute approximate surface area is 183 Å². The summed E-state index contributed by atoms with van der Waals surface area (Å²) in [6.07, 6.45) is 2.73. The van der Waals surface area contributed by atoms with Crippen LogP contribution in [0.25, 0.3) is 10.9 Å². The number of fused-ring (bicyclic) bond motifs is 1. The molecule has 0 fully saturated rings. The third kappa shape index (κ3) is 4.69. The van der Waals surface area contributed by atoms with Crippen LogP contribution in [0.3, 0.4) is 0 Å². The third-order valence-corrected chi connectivity index (χ3v) is 5.65. The van der Waals surface area contributed by atoms with Crippen molar-refractivity contribution in [3.63, 3.8) is 0 Å². The molecule has 4 rings (SSSR count). The van der Waals surface area contributed by atoms with Gasteiger partial charge in [0.05, 0.1) is 12.2 Å². The van der Waals surface area contributed by atoms with Gasteiger partial charge in [-0.25, -0.2) is 0 Å². The lowest BCUT2D eigenvalue weighted by atomic mass is 10.1. The topological polar surface area (TPSA) is 44.0 Å². The van der Waals surface area contributed by atoms with Gasteiger partial charge in [-0.3, -0.25) is 4.98 Å². The molecule has 2 heterocycles. The number of para-hydroxylation sites is 1. The minimum absolute atomic E-state index is 0.667. The predicted molar refractivity (Wildman–Crippen MR) is 129 cm³/mol. The normalized spacial score (nSPS) is 10.9.